The molecule has 10 heteroatoms. The van der Waals surface area contributed by atoms with Gasteiger partial charge in [-0.2, -0.15) is 9.98 Å². The van der Waals surface area contributed by atoms with E-state index in [1.165, 1.54) is 11.1 Å². The number of amidine groups is 2. The van der Waals surface area contributed by atoms with Crippen molar-refractivity contribution in [3.8, 4) is 0 Å². The molecular formula is C34H28Cl2I2N4O2. The monoisotopic (exact) mass is 848 g/mol. The predicted octanol–water partition coefficient (Wildman–Crippen LogP) is 10.3. The molecule has 0 amide bonds. The van der Waals surface area contributed by atoms with Gasteiger partial charge in [-0.05, 0) is 105 Å². The molecule has 0 radical (unpaired) electrons. The lowest BCUT2D eigenvalue weighted by Gasteiger charge is -2.15. The van der Waals surface area contributed by atoms with E-state index in [1.54, 1.807) is 0 Å². The molecule has 0 unspecified atom stereocenters. The van der Waals surface area contributed by atoms with Crippen LogP contribution in [-0.2, 0) is 22.6 Å². The summed E-state index contributed by atoms with van der Waals surface area (Å²) in [4.78, 5) is 13.4. The quantitative estimate of drug-likeness (QED) is 0.181. The highest BCUT2D eigenvalue weighted by molar-refractivity contribution is 14.1. The Morgan fingerprint density at radius 1 is 0.568 bits per heavy atom. The van der Waals surface area contributed by atoms with Gasteiger partial charge in [0.15, 0.2) is 0 Å². The first-order valence-electron chi connectivity index (χ1n) is 13.7. The molecule has 6 nitrogen and oxygen atoms in total. The van der Waals surface area contributed by atoms with Crippen LogP contribution in [-0.4, -0.2) is 34.9 Å². The van der Waals surface area contributed by atoms with Crippen molar-refractivity contribution in [2.45, 2.75) is 13.1 Å². The van der Waals surface area contributed by atoms with Crippen molar-refractivity contribution < 1.29 is 9.47 Å². The molecule has 0 bridgehead atoms. The number of hydrogen-bond acceptors (Lipinski definition) is 4. The van der Waals surface area contributed by atoms with Crippen LogP contribution in [0.25, 0.3) is 0 Å². The van der Waals surface area contributed by atoms with Gasteiger partial charge < -0.3 is 19.3 Å². The van der Waals surface area contributed by atoms with Crippen LogP contribution >= 0.6 is 68.4 Å². The molecule has 0 atom stereocenters. The van der Waals surface area contributed by atoms with Gasteiger partial charge in [0.05, 0.1) is 24.5 Å². The third-order valence-corrected chi connectivity index (χ3v) is 8.35. The summed E-state index contributed by atoms with van der Waals surface area (Å²) in [5.41, 5.74) is 4.11. The van der Waals surface area contributed by atoms with Gasteiger partial charge in [0.1, 0.15) is 11.5 Å². The number of ether oxygens (including phenoxy) is 2. The molecular weight excluding hydrogens is 821 g/mol. The highest BCUT2D eigenvalue weighted by Crippen LogP contribution is 2.25. The molecule has 4 aromatic rings. The maximum atomic E-state index is 5.91. The minimum absolute atomic E-state index is 0.620. The molecule has 44 heavy (non-hydrogen) atoms. The Bertz CT molecular complexity index is 1520. The van der Waals surface area contributed by atoms with E-state index in [1.807, 2.05) is 93.1 Å². The maximum absolute atomic E-state index is 5.91. The molecule has 224 valence electrons. The van der Waals surface area contributed by atoms with Gasteiger partial charge in [0, 0.05) is 31.3 Å². The Hall–Kier alpha value is -3.06. The SMILES string of the molecule is Clc1ccc(N=C2O/C(=C/I)CN2Cc2ccccc2)cc1.Clc1ccc(N=C2O/C(=C/I)CN2Cc2ccccc2)cc1. The first-order valence-corrected chi connectivity index (χ1v) is 16.9. The summed E-state index contributed by atoms with van der Waals surface area (Å²) in [5, 5.41) is 1.40. The summed E-state index contributed by atoms with van der Waals surface area (Å²) < 4.78 is 15.5. The summed E-state index contributed by atoms with van der Waals surface area (Å²) in [6.45, 7) is 2.98. The Morgan fingerprint density at radius 3 is 1.27 bits per heavy atom. The van der Waals surface area contributed by atoms with Gasteiger partial charge in [-0.1, -0.05) is 83.9 Å². The van der Waals surface area contributed by atoms with Gasteiger partial charge in [-0.3, -0.25) is 0 Å². The van der Waals surface area contributed by atoms with E-state index in [2.05, 4.69) is 89.2 Å². The minimum Gasteiger partial charge on any atom is -0.428 e. The van der Waals surface area contributed by atoms with Crippen molar-refractivity contribution in [3.05, 3.63) is 150 Å². The van der Waals surface area contributed by atoms with E-state index in [0.29, 0.717) is 22.1 Å². The van der Waals surface area contributed by atoms with Crippen LogP contribution in [0, 0.1) is 0 Å². The Labute approximate surface area is 295 Å². The Balaban J connectivity index is 0.000000175. The summed E-state index contributed by atoms with van der Waals surface area (Å²) in [6.07, 6.45) is 0. The van der Waals surface area contributed by atoms with E-state index in [-0.39, 0.29) is 0 Å². The van der Waals surface area contributed by atoms with Crippen LogP contribution < -0.4 is 0 Å². The predicted molar refractivity (Wildman–Crippen MR) is 197 cm³/mol. The molecule has 0 saturated carbocycles. The molecule has 2 aliphatic heterocycles. The van der Waals surface area contributed by atoms with Gasteiger partial charge in [-0.15, -0.1) is 0 Å². The van der Waals surface area contributed by atoms with Crippen LogP contribution in [0.15, 0.2) is 139 Å². The zero-order valence-electron chi connectivity index (χ0n) is 23.5. The molecule has 0 N–H and O–H groups in total. The first kappa shape index (κ1) is 32.3. The lowest BCUT2D eigenvalue weighted by atomic mass is 10.2. The van der Waals surface area contributed by atoms with Gasteiger partial charge in [-0.25, -0.2) is 0 Å². The lowest BCUT2D eigenvalue weighted by molar-refractivity contribution is 0.415. The number of hydrogen-bond donors (Lipinski definition) is 0. The van der Waals surface area contributed by atoms with E-state index in [0.717, 1.165) is 49.1 Å². The second kappa shape index (κ2) is 16.3. The summed E-state index contributed by atoms with van der Waals surface area (Å²) in [7, 11) is 0. The van der Waals surface area contributed by atoms with Crippen LogP contribution in [0.3, 0.4) is 0 Å². The maximum Gasteiger partial charge on any atom is 0.298 e. The van der Waals surface area contributed by atoms with E-state index in [4.69, 9.17) is 32.7 Å². The summed E-state index contributed by atoms with van der Waals surface area (Å²) in [5.74, 6) is 1.81. The number of nitrogens with zero attached hydrogens (tertiary/aromatic N) is 4. The molecule has 0 spiro atoms. The second-order valence-corrected chi connectivity index (χ2v) is 11.9. The van der Waals surface area contributed by atoms with E-state index < -0.39 is 0 Å². The highest BCUT2D eigenvalue weighted by Gasteiger charge is 2.26. The van der Waals surface area contributed by atoms with Crippen molar-refractivity contribution in [1.29, 1.82) is 0 Å². The standard InChI is InChI=1S/2C17H14ClIN2O/c2*18-14-6-8-15(9-7-14)20-17-21(12-16(10-19)22-17)11-13-4-2-1-3-5-13/h2*1-10H,11-12H2/b2*16-10+,20-17?. The lowest BCUT2D eigenvalue weighted by Crippen LogP contribution is -2.24. The van der Waals surface area contributed by atoms with Crippen molar-refractivity contribution in [2.75, 3.05) is 13.1 Å². The number of halogens is 4. The molecule has 0 aliphatic carbocycles. The minimum atomic E-state index is 0.620. The van der Waals surface area contributed by atoms with Crippen LogP contribution in [0.4, 0.5) is 11.4 Å². The van der Waals surface area contributed by atoms with Gasteiger partial charge in [0.25, 0.3) is 12.0 Å². The Morgan fingerprint density at radius 2 is 0.932 bits per heavy atom. The smallest absolute Gasteiger partial charge is 0.298 e. The van der Waals surface area contributed by atoms with Crippen molar-refractivity contribution in [2.24, 2.45) is 9.98 Å². The number of aliphatic imine (C=N–C) groups is 2. The zero-order chi connectivity index (χ0) is 30.7. The van der Waals surface area contributed by atoms with E-state index >= 15 is 0 Å². The number of benzene rings is 4. The average molecular weight is 849 g/mol. The normalized spacial score (nSPS) is 18.0. The second-order valence-electron chi connectivity index (χ2n) is 9.78. The third-order valence-electron chi connectivity index (χ3n) is 6.46. The van der Waals surface area contributed by atoms with Crippen LogP contribution in [0.1, 0.15) is 11.1 Å². The fourth-order valence-corrected chi connectivity index (χ4v) is 5.25. The molecule has 4 aromatic carbocycles. The third kappa shape index (κ3) is 9.47. The van der Waals surface area contributed by atoms with Crippen molar-refractivity contribution >= 4 is 91.8 Å². The van der Waals surface area contributed by atoms with Crippen LogP contribution in [0.2, 0.25) is 10.0 Å². The summed E-state index contributed by atoms with van der Waals surface area (Å²) in [6, 6.07) is 36.7. The van der Waals surface area contributed by atoms with Crippen molar-refractivity contribution in [3.63, 3.8) is 0 Å². The largest absolute Gasteiger partial charge is 0.428 e. The van der Waals surface area contributed by atoms with E-state index in [9.17, 15) is 0 Å². The fraction of sp³-hybridized carbons (Fsp3) is 0.118. The average Bonchev–Trinajstić information content (AvgIpc) is 3.63. The molecule has 2 heterocycles. The molecule has 0 aromatic heterocycles. The molecule has 2 saturated heterocycles. The summed E-state index contributed by atoms with van der Waals surface area (Å²) >= 11 is 16.2. The molecule has 2 aliphatic rings. The zero-order valence-corrected chi connectivity index (χ0v) is 29.3. The van der Waals surface area contributed by atoms with Gasteiger partial charge >= 0.3 is 0 Å². The topological polar surface area (TPSA) is 49.7 Å². The first-order chi connectivity index (χ1) is 21.5. The molecule has 6 rings (SSSR count). The molecule has 2 fully saturated rings. The fourth-order valence-electron chi connectivity index (χ4n) is 4.35. The van der Waals surface area contributed by atoms with Crippen molar-refractivity contribution in [1.82, 2.24) is 9.80 Å². The van der Waals surface area contributed by atoms with Gasteiger partial charge in [0.2, 0.25) is 0 Å². The highest BCUT2D eigenvalue weighted by atomic mass is 127. The Kier molecular flexibility index (Phi) is 12.0. The number of rotatable bonds is 6. The van der Waals surface area contributed by atoms with Crippen LogP contribution in [0.5, 0.6) is 0 Å².